The lowest BCUT2D eigenvalue weighted by atomic mass is 10.2. The van der Waals surface area contributed by atoms with Gasteiger partial charge in [-0.25, -0.2) is 13.1 Å². The van der Waals surface area contributed by atoms with E-state index >= 15 is 0 Å². The molecule has 0 saturated carbocycles. The van der Waals surface area contributed by atoms with E-state index in [0.717, 1.165) is 0 Å². The van der Waals surface area contributed by atoms with Crippen molar-refractivity contribution in [2.75, 3.05) is 20.1 Å². The summed E-state index contributed by atoms with van der Waals surface area (Å²) in [7, 11) is -1.74. The van der Waals surface area contributed by atoms with E-state index in [4.69, 9.17) is 5.26 Å². The van der Waals surface area contributed by atoms with E-state index in [1.54, 1.807) is 20.0 Å². The minimum atomic E-state index is -3.49. The van der Waals surface area contributed by atoms with Gasteiger partial charge in [0.05, 0.1) is 16.5 Å². The van der Waals surface area contributed by atoms with Crippen LogP contribution in [0.4, 0.5) is 0 Å². The Labute approximate surface area is 114 Å². The van der Waals surface area contributed by atoms with Crippen molar-refractivity contribution < 1.29 is 8.42 Å². The van der Waals surface area contributed by atoms with E-state index in [1.807, 2.05) is 6.07 Å². The van der Waals surface area contributed by atoms with Gasteiger partial charge in [0.2, 0.25) is 10.0 Å². The summed E-state index contributed by atoms with van der Waals surface area (Å²) in [5, 5.41) is 11.6. The second kappa shape index (κ2) is 7.34. The molecular weight excluding hydrogens is 274 g/mol. The molecule has 0 saturated heterocycles. The molecule has 1 aromatic carbocycles. The molecule has 0 spiro atoms. The third-order valence-corrected chi connectivity index (χ3v) is 3.88. The summed E-state index contributed by atoms with van der Waals surface area (Å²) in [5.41, 5.74) is 1.03. The minimum Gasteiger partial charge on any atom is -0.318 e. The maximum Gasteiger partial charge on any atom is 0.240 e. The van der Waals surface area contributed by atoms with Crippen LogP contribution in [-0.2, 0) is 10.0 Å². The van der Waals surface area contributed by atoms with Gasteiger partial charge in [-0.1, -0.05) is 0 Å². The van der Waals surface area contributed by atoms with Gasteiger partial charge < -0.3 is 5.32 Å². The molecular formula is C11H16ClN3O2S. The van der Waals surface area contributed by atoms with E-state index in [0.29, 0.717) is 24.2 Å². The molecule has 0 unspecified atom stereocenters. The van der Waals surface area contributed by atoms with Crippen LogP contribution in [0.5, 0.6) is 0 Å². The first-order valence-corrected chi connectivity index (χ1v) is 6.64. The zero-order chi connectivity index (χ0) is 12.9. The molecule has 0 aliphatic rings. The van der Waals surface area contributed by atoms with Crippen LogP contribution in [0, 0.1) is 18.3 Å². The van der Waals surface area contributed by atoms with E-state index < -0.39 is 10.0 Å². The van der Waals surface area contributed by atoms with Gasteiger partial charge >= 0.3 is 0 Å². The van der Waals surface area contributed by atoms with E-state index in [1.165, 1.54) is 12.1 Å². The van der Waals surface area contributed by atoms with Crippen LogP contribution in [0.2, 0.25) is 0 Å². The second-order valence-electron chi connectivity index (χ2n) is 3.59. The van der Waals surface area contributed by atoms with Gasteiger partial charge in [-0.3, -0.25) is 0 Å². The maximum absolute atomic E-state index is 11.9. The fourth-order valence-electron chi connectivity index (χ4n) is 1.41. The molecule has 0 radical (unpaired) electrons. The molecule has 5 nitrogen and oxygen atoms in total. The summed E-state index contributed by atoms with van der Waals surface area (Å²) in [6.07, 6.45) is 0. The Balaban J connectivity index is 0.00000289. The van der Waals surface area contributed by atoms with Crippen molar-refractivity contribution in [3.63, 3.8) is 0 Å². The molecule has 1 rings (SSSR count). The Kier molecular flexibility index (Phi) is 6.88. The molecule has 0 heterocycles. The molecule has 1 aromatic rings. The van der Waals surface area contributed by atoms with Crippen molar-refractivity contribution in [1.82, 2.24) is 10.0 Å². The number of nitriles is 1. The standard InChI is InChI=1S/C11H15N3O2S.ClH/c1-9-7-10(8-12)3-4-11(9)17(15,16)14-6-5-13-2;/h3-4,7,13-14H,5-6H2,1-2H3;1H. The van der Waals surface area contributed by atoms with Gasteiger partial charge in [0, 0.05) is 13.1 Å². The van der Waals surface area contributed by atoms with Gasteiger partial charge in [0.15, 0.2) is 0 Å². The average molecular weight is 290 g/mol. The van der Waals surface area contributed by atoms with Crippen molar-refractivity contribution in [3.8, 4) is 6.07 Å². The Hall–Kier alpha value is -1.13. The first kappa shape index (κ1) is 16.9. The molecule has 0 aliphatic heterocycles. The third-order valence-electron chi connectivity index (χ3n) is 2.26. The zero-order valence-corrected chi connectivity index (χ0v) is 11.9. The van der Waals surface area contributed by atoms with Crippen molar-refractivity contribution in [3.05, 3.63) is 29.3 Å². The summed E-state index contributed by atoms with van der Waals surface area (Å²) in [4.78, 5) is 0.215. The normalized spacial score (nSPS) is 10.5. The van der Waals surface area contributed by atoms with Gasteiger partial charge in [-0.15, -0.1) is 12.4 Å². The lowest BCUT2D eigenvalue weighted by Crippen LogP contribution is -2.30. The van der Waals surface area contributed by atoms with Crippen LogP contribution in [-0.4, -0.2) is 28.6 Å². The van der Waals surface area contributed by atoms with E-state index in [9.17, 15) is 8.42 Å². The summed E-state index contributed by atoms with van der Waals surface area (Å²) in [5.74, 6) is 0. The fourth-order valence-corrected chi connectivity index (χ4v) is 2.66. The predicted molar refractivity (Wildman–Crippen MR) is 72.3 cm³/mol. The quantitative estimate of drug-likeness (QED) is 0.785. The average Bonchev–Trinajstić information content (AvgIpc) is 2.28. The molecule has 7 heteroatoms. The largest absolute Gasteiger partial charge is 0.318 e. The first-order chi connectivity index (χ1) is 8.01. The summed E-state index contributed by atoms with van der Waals surface area (Å²) in [6.45, 7) is 2.57. The van der Waals surface area contributed by atoms with Gasteiger partial charge in [0.25, 0.3) is 0 Å². The van der Waals surface area contributed by atoms with E-state index in [-0.39, 0.29) is 17.3 Å². The summed E-state index contributed by atoms with van der Waals surface area (Å²) in [6, 6.07) is 6.49. The van der Waals surface area contributed by atoms with Gasteiger partial charge in [-0.05, 0) is 37.7 Å². The maximum atomic E-state index is 11.9. The number of hydrogen-bond acceptors (Lipinski definition) is 4. The van der Waals surface area contributed by atoms with Crippen molar-refractivity contribution in [1.29, 1.82) is 5.26 Å². The minimum absolute atomic E-state index is 0. The van der Waals surface area contributed by atoms with Crippen LogP contribution in [0.25, 0.3) is 0 Å². The fraction of sp³-hybridized carbons (Fsp3) is 0.364. The Morgan fingerprint density at radius 3 is 2.50 bits per heavy atom. The molecule has 0 atom stereocenters. The molecule has 100 valence electrons. The molecule has 0 bridgehead atoms. The van der Waals surface area contributed by atoms with Gasteiger partial charge in [-0.2, -0.15) is 5.26 Å². The molecule has 0 amide bonds. The van der Waals surface area contributed by atoms with Crippen LogP contribution in [0.3, 0.4) is 0 Å². The number of rotatable bonds is 5. The monoisotopic (exact) mass is 289 g/mol. The topological polar surface area (TPSA) is 82.0 Å². The van der Waals surface area contributed by atoms with Crippen LogP contribution >= 0.6 is 12.4 Å². The number of nitrogens with one attached hydrogen (secondary N) is 2. The smallest absolute Gasteiger partial charge is 0.240 e. The molecule has 2 N–H and O–H groups in total. The SMILES string of the molecule is CNCCNS(=O)(=O)c1ccc(C#N)cc1C.Cl. The van der Waals surface area contributed by atoms with Crippen molar-refractivity contribution >= 4 is 22.4 Å². The molecule has 18 heavy (non-hydrogen) atoms. The lowest BCUT2D eigenvalue weighted by molar-refractivity contribution is 0.579. The number of hydrogen-bond donors (Lipinski definition) is 2. The lowest BCUT2D eigenvalue weighted by Gasteiger charge is -2.09. The summed E-state index contributed by atoms with van der Waals surface area (Å²) >= 11 is 0. The van der Waals surface area contributed by atoms with Crippen LogP contribution < -0.4 is 10.0 Å². The number of likely N-dealkylation sites (N-methyl/N-ethyl adjacent to an activating group) is 1. The van der Waals surface area contributed by atoms with E-state index in [2.05, 4.69) is 10.0 Å². The highest BCUT2D eigenvalue weighted by molar-refractivity contribution is 7.89. The highest BCUT2D eigenvalue weighted by Gasteiger charge is 2.15. The second-order valence-corrected chi connectivity index (χ2v) is 5.33. The molecule has 0 fully saturated rings. The Morgan fingerprint density at radius 2 is 2.00 bits per heavy atom. The predicted octanol–water partition coefficient (Wildman–Crippen LogP) is 0.786. The molecule has 0 aliphatic carbocycles. The highest BCUT2D eigenvalue weighted by atomic mass is 35.5. The van der Waals surface area contributed by atoms with Crippen LogP contribution in [0.15, 0.2) is 23.1 Å². The number of nitrogens with zero attached hydrogens (tertiary/aromatic N) is 1. The zero-order valence-electron chi connectivity index (χ0n) is 10.2. The van der Waals surface area contributed by atoms with Crippen LogP contribution in [0.1, 0.15) is 11.1 Å². The van der Waals surface area contributed by atoms with Crippen molar-refractivity contribution in [2.24, 2.45) is 0 Å². The first-order valence-electron chi connectivity index (χ1n) is 5.16. The Bertz CT molecular complexity index is 538. The highest BCUT2D eigenvalue weighted by Crippen LogP contribution is 2.15. The Morgan fingerprint density at radius 1 is 1.33 bits per heavy atom. The number of benzene rings is 1. The third kappa shape index (κ3) is 4.27. The summed E-state index contributed by atoms with van der Waals surface area (Å²) < 4.78 is 26.3. The van der Waals surface area contributed by atoms with Gasteiger partial charge in [0.1, 0.15) is 0 Å². The number of sulfonamides is 1. The number of halogens is 1. The number of aryl methyl sites for hydroxylation is 1. The molecule has 0 aromatic heterocycles. The van der Waals surface area contributed by atoms with Crippen molar-refractivity contribution in [2.45, 2.75) is 11.8 Å².